The summed E-state index contributed by atoms with van der Waals surface area (Å²) < 4.78 is 67.0. The van der Waals surface area contributed by atoms with Crippen LogP contribution < -0.4 is 9.64 Å². The van der Waals surface area contributed by atoms with Crippen molar-refractivity contribution in [3.8, 4) is 11.8 Å². The zero-order valence-corrected chi connectivity index (χ0v) is 18.6. The molecule has 10 heteroatoms. The third kappa shape index (κ3) is 3.48. The second kappa shape index (κ2) is 7.78. The van der Waals surface area contributed by atoms with E-state index in [9.17, 15) is 32.4 Å². The summed E-state index contributed by atoms with van der Waals surface area (Å²) in [7, 11) is 0. The summed E-state index contributed by atoms with van der Waals surface area (Å²) in [5, 5.41) is 9.23. The van der Waals surface area contributed by atoms with Gasteiger partial charge in [-0.1, -0.05) is 12.1 Å². The van der Waals surface area contributed by atoms with Crippen LogP contribution >= 0.6 is 0 Å². The molecule has 2 aromatic rings. The maximum absolute atomic E-state index is 13.9. The Morgan fingerprint density at radius 3 is 2.54 bits per heavy atom. The van der Waals surface area contributed by atoms with Crippen LogP contribution in [0.2, 0.25) is 0 Å². The van der Waals surface area contributed by atoms with E-state index in [0.717, 1.165) is 12.1 Å². The molecule has 4 atom stereocenters. The lowest BCUT2D eigenvalue weighted by atomic mass is 9.67. The van der Waals surface area contributed by atoms with Gasteiger partial charge < -0.3 is 9.47 Å². The average molecular weight is 488 g/mol. The lowest BCUT2D eigenvalue weighted by Gasteiger charge is -2.31. The van der Waals surface area contributed by atoms with Gasteiger partial charge >= 0.3 is 6.18 Å². The molecule has 3 aliphatic heterocycles. The Kier molecular flexibility index (Phi) is 5.18. The molecule has 0 aromatic heterocycles. The van der Waals surface area contributed by atoms with Crippen molar-refractivity contribution in [2.24, 2.45) is 11.8 Å². The Hall–Kier alpha value is -3.45. The first-order valence-electron chi connectivity index (χ1n) is 11.1. The number of nitrogens with zero attached hydrogens (tertiary/aromatic N) is 2. The lowest BCUT2D eigenvalue weighted by molar-refractivity contribution is -0.137. The molecular weight excluding hydrogens is 468 g/mol. The van der Waals surface area contributed by atoms with E-state index in [1.807, 2.05) is 0 Å². The van der Waals surface area contributed by atoms with Gasteiger partial charge in [-0.2, -0.15) is 18.4 Å². The van der Waals surface area contributed by atoms with E-state index < -0.39 is 63.7 Å². The van der Waals surface area contributed by atoms with E-state index in [1.165, 1.54) is 30.3 Å². The van der Waals surface area contributed by atoms with Crippen LogP contribution in [-0.4, -0.2) is 29.6 Å². The third-order valence-electron chi connectivity index (χ3n) is 7.29. The fourth-order valence-electron chi connectivity index (χ4n) is 5.86. The van der Waals surface area contributed by atoms with Crippen molar-refractivity contribution in [2.45, 2.75) is 43.6 Å². The van der Waals surface area contributed by atoms with Crippen molar-refractivity contribution in [3.63, 3.8) is 0 Å². The van der Waals surface area contributed by atoms with Gasteiger partial charge in [-0.3, -0.25) is 9.59 Å². The van der Waals surface area contributed by atoms with Gasteiger partial charge in [0.25, 0.3) is 0 Å². The first kappa shape index (κ1) is 23.3. The Labute approximate surface area is 198 Å². The van der Waals surface area contributed by atoms with Crippen LogP contribution in [0.5, 0.6) is 5.75 Å². The van der Waals surface area contributed by atoms with E-state index in [-0.39, 0.29) is 18.8 Å². The van der Waals surface area contributed by atoms with Crippen LogP contribution in [0.25, 0.3) is 0 Å². The van der Waals surface area contributed by atoms with Gasteiger partial charge in [-0.05, 0) is 44.0 Å². The number of carbonyl (C=O) groups excluding carboxylic acids is 2. The second-order valence-electron chi connectivity index (χ2n) is 9.31. The lowest BCUT2D eigenvalue weighted by Crippen LogP contribution is -2.43. The van der Waals surface area contributed by atoms with E-state index in [0.29, 0.717) is 17.7 Å². The van der Waals surface area contributed by atoms with Crippen molar-refractivity contribution in [3.05, 3.63) is 59.4 Å². The van der Waals surface area contributed by atoms with E-state index in [1.54, 1.807) is 13.0 Å². The highest BCUT2D eigenvalue weighted by molar-refractivity contribution is 6.23. The molecule has 3 heterocycles. The molecule has 0 aliphatic carbocycles. The average Bonchev–Trinajstić information content (AvgIpc) is 3.37. The predicted octanol–water partition coefficient (Wildman–Crippen LogP) is 4.61. The number of amides is 2. The monoisotopic (exact) mass is 488 g/mol. The smallest absolute Gasteiger partial charge is 0.419 e. The molecule has 2 aromatic carbocycles. The van der Waals surface area contributed by atoms with Gasteiger partial charge in [-0.15, -0.1) is 0 Å². The fourth-order valence-corrected chi connectivity index (χ4v) is 5.86. The minimum absolute atomic E-state index is 0.0575. The van der Waals surface area contributed by atoms with Crippen molar-refractivity contribution < 1.29 is 36.6 Å². The molecule has 0 radical (unpaired) electrons. The van der Waals surface area contributed by atoms with Crippen LogP contribution in [-0.2, 0) is 20.5 Å². The number of imide groups is 1. The molecule has 3 fully saturated rings. The summed E-state index contributed by atoms with van der Waals surface area (Å²) in [5.74, 6) is -3.68. The van der Waals surface area contributed by atoms with Crippen LogP contribution in [0.1, 0.15) is 37.3 Å². The van der Waals surface area contributed by atoms with Crippen molar-refractivity contribution in [1.29, 1.82) is 5.26 Å². The summed E-state index contributed by atoms with van der Waals surface area (Å²) in [6, 6.07) is 10.3. The highest BCUT2D eigenvalue weighted by Crippen LogP contribution is 2.62. The zero-order chi connectivity index (χ0) is 25.2. The van der Waals surface area contributed by atoms with Crippen LogP contribution in [0.15, 0.2) is 42.5 Å². The Balaban J connectivity index is 1.48. The molecule has 0 saturated carbocycles. The summed E-state index contributed by atoms with van der Waals surface area (Å²) >= 11 is 0. The maximum atomic E-state index is 13.9. The van der Waals surface area contributed by atoms with E-state index in [4.69, 9.17) is 9.47 Å². The van der Waals surface area contributed by atoms with Crippen molar-refractivity contribution >= 4 is 17.5 Å². The molecule has 6 nitrogen and oxygen atoms in total. The summed E-state index contributed by atoms with van der Waals surface area (Å²) in [5.41, 5.74) is -4.74. The molecule has 2 bridgehead atoms. The van der Waals surface area contributed by atoms with Gasteiger partial charge in [0.15, 0.2) is 0 Å². The Bertz CT molecular complexity index is 1270. The highest BCUT2D eigenvalue weighted by Gasteiger charge is 2.74. The number of halogens is 4. The first-order chi connectivity index (χ1) is 16.5. The fraction of sp³-hybridized carbons (Fsp3) is 0.400. The van der Waals surface area contributed by atoms with Gasteiger partial charge in [0.05, 0.1) is 52.5 Å². The summed E-state index contributed by atoms with van der Waals surface area (Å²) in [4.78, 5) is 27.6. The number of carbonyl (C=O) groups is 2. The topological polar surface area (TPSA) is 79.6 Å². The van der Waals surface area contributed by atoms with Gasteiger partial charge in [0.2, 0.25) is 11.8 Å². The van der Waals surface area contributed by atoms with E-state index >= 15 is 0 Å². The molecule has 182 valence electrons. The molecule has 0 N–H and O–H groups in total. The van der Waals surface area contributed by atoms with Crippen LogP contribution in [0.4, 0.5) is 23.2 Å². The minimum Gasteiger partial charge on any atom is -0.493 e. The Morgan fingerprint density at radius 2 is 1.86 bits per heavy atom. The van der Waals surface area contributed by atoms with Crippen molar-refractivity contribution in [2.75, 3.05) is 11.5 Å². The normalized spacial score (nSPS) is 29.4. The number of hydrogen-bond acceptors (Lipinski definition) is 5. The van der Waals surface area contributed by atoms with Gasteiger partial charge in [0.1, 0.15) is 11.6 Å². The largest absolute Gasteiger partial charge is 0.493 e. The molecule has 0 spiro atoms. The molecule has 3 aliphatic rings. The summed E-state index contributed by atoms with van der Waals surface area (Å²) in [6.07, 6.45) is -3.88. The third-order valence-corrected chi connectivity index (χ3v) is 7.29. The van der Waals surface area contributed by atoms with Crippen LogP contribution in [0.3, 0.4) is 0 Å². The van der Waals surface area contributed by atoms with Crippen molar-refractivity contribution in [1.82, 2.24) is 0 Å². The zero-order valence-electron chi connectivity index (χ0n) is 18.6. The number of ether oxygens (including phenoxy) is 2. The molecule has 2 amide bonds. The standard InChI is InChI=1S/C25H20F4N2O4/c1-23-8-9-24(35-23,10-11-34-16-6-3-5-15(26)12-16)20-19(23)21(32)31(22(20)33)17-7-2-4-14(13-30)18(17)25(27,28)29/h2-7,12,19-20H,8-11H2,1H3. The Morgan fingerprint density at radius 1 is 1.14 bits per heavy atom. The highest BCUT2D eigenvalue weighted by atomic mass is 19.4. The number of alkyl halides is 3. The number of fused-ring (bicyclic) bond motifs is 5. The molecule has 5 rings (SSSR count). The van der Waals surface area contributed by atoms with E-state index in [2.05, 4.69) is 0 Å². The number of benzene rings is 2. The molecule has 3 saturated heterocycles. The summed E-state index contributed by atoms with van der Waals surface area (Å²) in [6.45, 7) is 1.75. The van der Waals surface area contributed by atoms with Crippen LogP contribution in [0, 0.1) is 29.0 Å². The van der Waals surface area contributed by atoms with Gasteiger partial charge in [-0.25, -0.2) is 9.29 Å². The molecular formula is C25H20F4N2O4. The molecule has 4 unspecified atom stereocenters. The molecule has 35 heavy (non-hydrogen) atoms. The maximum Gasteiger partial charge on any atom is 0.419 e. The number of hydrogen-bond donors (Lipinski definition) is 0. The first-order valence-corrected chi connectivity index (χ1v) is 11.1. The SMILES string of the molecule is CC12CCC(CCOc3cccc(F)c3)(O1)C1C(=O)N(c3cccc(C#N)c3C(F)(F)F)C(=O)C12. The number of anilines is 1. The predicted molar refractivity (Wildman–Crippen MR) is 114 cm³/mol. The minimum atomic E-state index is -4.95. The number of nitriles is 1. The second-order valence-corrected chi connectivity index (χ2v) is 9.31. The number of rotatable bonds is 5. The van der Waals surface area contributed by atoms with Gasteiger partial charge in [0, 0.05) is 12.5 Å². The quantitative estimate of drug-likeness (QED) is 0.454.